The van der Waals surface area contributed by atoms with Gasteiger partial charge in [-0.25, -0.2) is 0 Å². The predicted molar refractivity (Wildman–Crippen MR) is 111 cm³/mol. The third-order valence-corrected chi connectivity index (χ3v) is 5.90. The summed E-state index contributed by atoms with van der Waals surface area (Å²) in [6, 6.07) is 8.43. The number of aryl methyl sites for hydroxylation is 2. The Morgan fingerprint density at radius 1 is 1.20 bits per heavy atom. The van der Waals surface area contributed by atoms with Crippen molar-refractivity contribution in [2.45, 2.75) is 77.9 Å². The molecule has 0 saturated carbocycles. The summed E-state index contributed by atoms with van der Waals surface area (Å²) in [6.07, 6.45) is 6.52. The molecule has 0 amide bonds. The number of nitrogens with zero attached hydrogens (tertiary/aromatic N) is 1. The van der Waals surface area contributed by atoms with Crippen LogP contribution < -0.4 is 10.6 Å². The first-order chi connectivity index (χ1) is 11.9. The van der Waals surface area contributed by atoms with Crippen LogP contribution in [-0.4, -0.2) is 34.7 Å². The maximum absolute atomic E-state index is 5.61. The van der Waals surface area contributed by atoms with E-state index in [4.69, 9.17) is 12.2 Å². The highest BCUT2D eigenvalue weighted by atomic mass is 32.1. The molecule has 2 aliphatic heterocycles. The van der Waals surface area contributed by atoms with Crippen LogP contribution >= 0.6 is 12.2 Å². The smallest absolute Gasteiger partial charge is 0.171 e. The minimum absolute atomic E-state index is 0.504. The van der Waals surface area contributed by atoms with E-state index in [-0.39, 0.29) is 0 Å². The second-order valence-electron chi connectivity index (χ2n) is 8.41. The number of rotatable bonds is 4. The van der Waals surface area contributed by atoms with Crippen LogP contribution in [0.3, 0.4) is 0 Å². The minimum atomic E-state index is 0.504. The summed E-state index contributed by atoms with van der Waals surface area (Å²) in [5.41, 5.74) is 3.61. The van der Waals surface area contributed by atoms with Gasteiger partial charge in [0.05, 0.1) is 0 Å². The zero-order valence-electron chi connectivity index (χ0n) is 16.1. The molecule has 0 unspecified atom stereocenters. The fraction of sp³-hybridized carbons (Fsp3) is 0.667. The fourth-order valence-corrected chi connectivity index (χ4v) is 4.81. The summed E-state index contributed by atoms with van der Waals surface area (Å²) < 4.78 is 0. The second kappa shape index (κ2) is 8.05. The molecule has 1 aromatic rings. The molecule has 138 valence electrons. The van der Waals surface area contributed by atoms with Gasteiger partial charge in [-0.05, 0) is 74.9 Å². The lowest BCUT2D eigenvalue weighted by atomic mass is 9.81. The van der Waals surface area contributed by atoms with Crippen molar-refractivity contribution >= 4 is 23.0 Å². The SMILES string of the molecule is Cc1ccc(C)c(NC(=S)NC2C[C@H]3CCC[C@H](C2)N3CC(C)C)c1. The monoisotopic (exact) mass is 359 g/mol. The van der Waals surface area contributed by atoms with E-state index in [0.717, 1.165) is 28.8 Å². The molecule has 2 atom stereocenters. The van der Waals surface area contributed by atoms with Gasteiger partial charge in [-0.3, -0.25) is 4.90 Å². The summed E-state index contributed by atoms with van der Waals surface area (Å²) in [5, 5.41) is 7.80. The highest BCUT2D eigenvalue weighted by Gasteiger charge is 2.38. The van der Waals surface area contributed by atoms with Crippen LogP contribution in [0.4, 0.5) is 5.69 Å². The van der Waals surface area contributed by atoms with Gasteiger partial charge < -0.3 is 10.6 Å². The Kier molecular flexibility index (Phi) is 6.00. The molecule has 3 rings (SSSR count). The molecule has 0 radical (unpaired) electrons. The van der Waals surface area contributed by atoms with Crippen molar-refractivity contribution in [3.05, 3.63) is 29.3 Å². The summed E-state index contributed by atoms with van der Waals surface area (Å²) in [5.74, 6) is 0.750. The molecule has 0 aromatic heterocycles. The molecule has 2 heterocycles. The maximum Gasteiger partial charge on any atom is 0.171 e. The highest BCUT2D eigenvalue weighted by molar-refractivity contribution is 7.80. The number of fused-ring (bicyclic) bond motifs is 2. The van der Waals surface area contributed by atoms with Crippen LogP contribution in [0.1, 0.15) is 57.1 Å². The van der Waals surface area contributed by atoms with Crippen molar-refractivity contribution in [3.8, 4) is 0 Å². The molecule has 2 fully saturated rings. The molecule has 3 nitrogen and oxygen atoms in total. The van der Waals surface area contributed by atoms with Crippen LogP contribution in [0, 0.1) is 19.8 Å². The van der Waals surface area contributed by atoms with Gasteiger partial charge in [-0.1, -0.05) is 32.4 Å². The average molecular weight is 360 g/mol. The van der Waals surface area contributed by atoms with Gasteiger partial charge in [0.2, 0.25) is 0 Å². The molecule has 25 heavy (non-hydrogen) atoms. The fourth-order valence-electron chi connectivity index (χ4n) is 4.53. The summed E-state index contributed by atoms with van der Waals surface area (Å²) in [4.78, 5) is 2.79. The van der Waals surface area contributed by atoms with E-state index < -0.39 is 0 Å². The van der Waals surface area contributed by atoms with Crippen LogP contribution in [0.25, 0.3) is 0 Å². The predicted octanol–water partition coefficient (Wildman–Crippen LogP) is 4.63. The lowest BCUT2D eigenvalue weighted by Crippen LogP contribution is -2.58. The topological polar surface area (TPSA) is 27.3 Å². The minimum Gasteiger partial charge on any atom is -0.360 e. The number of hydrogen-bond donors (Lipinski definition) is 2. The average Bonchev–Trinajstić information content (AvgIpc) is 2.51. The van der Waals surface area contributed by atoms with Gasteiger partial charge >= 0.3 is 0 Å². The van der Waals surface area contributed by atoms with E-state index in [1.165, 1.54) is 49.8 Å². The van der Waals surface area contributed by atoms with E-state index in [2.05, 4.69) is 61.4 Å². The first kappa shape index (κ1) is 18.7. The first-order valence-electron chi connectivity index (χ1n) is 9.83. The number of hydrogen-bond acceptors (Lipinski definition) is 2. The number of nitrogens with one attached hydrogen (secondary N) is 2. The van der Waals surface area contributed by atoms with Crippen LogP contribution in [0.15, 0.2) is 18.2 Å². The Morgan fingerprint density at radius 3 is 2.52 bits per heavy atom. The van der Waals surface area contributed by atoms with Gasteiger partial charge in [0.25, 0.3) is 0 Å². The number of thiocarbonyl (C=S) groups is 1. The van der Waals surface area contributed by atoms with Gasteiger partial charge in [0.1, 0.15) is 0 Å². The van der Waals surface area contributed by atoms with Crippen molar-refractivity contribution < 1.29 is 0 Å². The standard InChI is InChI=1S/C21H33N3S/c1-14(2)13-24-18-6-5-7-19(24)12-17(11-18)22-21(25)23-20-10-15(3)8-9-16(20)4/h8-10,14,17-19H,5-7,11-13H2,1-4H3,(H2,22,23,25)/t18-,19-/m1/s1. The Labute approximate surface area is 158 Å². The Hall–Kier alpha value is -1.13. The molecule has 4 heteroatoms. The van der Waals surface area contributed by atoms with Crippen LogP contribution in [0.5, 0.6) is 0 Å². The maximum atomic E-state index is 5.61. The number of anilines is 1. The third kappa shape index (κ3) is 4.73. The van der Waals surface area contributed by atoms with E-state index >= 15 is 0 Å². The zero-order chi connectivity index (χ0) is 18.0. The largest absolute Gasteiger partial charge is 0.360 e. The van der Waals surface area contributed by atoms with Gasteiger partial charge in [0, 0.05) is 30.4 Å². The van der Waals surface area contributed by atoms with E-state index in [0.29, 0.717) is 6.04 Å². The zero-order valence-corrected chi connectivity index (χ0v) is 17.0. The number of piperidine rings is 2. The molecule has 0 spiro atoms. The van der Waals surface area contributed by atoms with Gasteiger partial charge in [-0.2, -0.15) is 0 Å². The Balaban J connectivity index is 1.58. The lowest BCUT2D eigenvalue weighted by molar-refractivity contribution is 0.0191. The van der Waals surface area contributed by atoms with Crippen LogP contribution in [-0.2, 0) is 0 Å². The molecule has 0 aliphatic carbocycles. The normalized spacial score (nSPS) is 26.5. The Morgan fingerprint density at radius 2 is 1.88 bits per heavy atom. The lowest BCUT2D eigenvalue weighted by Gasteiger charge is -2.49. The van der Waals surface area contributed by atoms with Crippen molar-refractivity contribution in [3.63, 3.8) is 0 Å². The summed E-state index contributed by atoms with van der Waals surface area (Å²) in [7, 11) is 0. The third-order valence-electron chi connectivity index (χ3n) is 5.68. The van der Waals surface area contributed by atoms with Crippen molar-refractivity contribution in [2.24, 2.45) is 5.92 Å². The van der Waals surface area contributed by atoms with Crippen molar-refractivity contribution in [1.82, 2.24) is 10.2 Å². The molecule has 2 N–H and O–H groups in total. The van der Waals surface area contributed by atoms with Gasteiger partial charge in [0.15, 0.2) is 5.11 Å². The van der Waals surface area contributed by atoms with Gasteiger partial charge in [-0.15, -0.1) is 0 Å². The summed E-state index contributed by atoms with van der Waals surface area (Å²) >= 11 is 5.61. The second-order valence-corrected chi connectivity index (χ2v) is 8.82. The summed E-state index contributed by atoms with van der Waals surface area (Å²) in [6.45, 7) is 10.2. The highest BCUT2D eigenvalue weighted by Crippen LogP contribution is 2.34. The van der Waals surface area contributed by atoms with E-state index in [1.54, 1.807) is 0 Å². The molecule has 2 saturated heterocycles. The van der Waals surface area contributed by atoms with Crippen molar-refractivity contribution in [1.29, 1.82) is 0 Å². The molecule has 2 aliphatic rings. The number of benzene rings is 1. The van der Waals surface area contributed by atoms with E-state index in [1.807, 2.05) is 0 Å². The van der Waals surface area contributed by atoms with E-state index in [9.17, 15) is 0 Å². The molecule has 1 aromatic carbocycles. The van der Waals surface area contributed by atoms with Crippen LogP contribution in [0.2, 0.25) is 0 Å². The first-order valence-corrected chi connectivity index (χ1v) is 10.2. The van der Waals surface area contributed by atoms with Crippen molar-refractivity contribution in [2.75, 3.05) is 11.9 Å². The quantitative estimate of drug-likeness (QED) is 0.767. The molecular weight excluding hydrogens is 326 g/mol. The Bertz CT molecular complexity index is 599. The molecule has 2 bridgehead atoms. The molecular formula is C21H33N3S.